The van der Waals surface area contributed by atoms with Gasteiger partial charge >= 0.3 is 0 Å². The first kappa shape index (κ1) is 14.3. The quantitative estimate of drug-likeness (QED) is 0.814. The first-order valence-electron chi connectivity index (χ1n) is 7.21. The maximum Gasteiger partial charge on any atom is 0.0645 e. The van der Waals surface area contributed by atoms with Gasteiger partial charge in [-0.2, -0.15) is 0 Å². The molecule has 2 rings (SSSR count). The van der Waals surface area contributed by atoms with Crippen LogP contribution in [0.2, 0.25) is 0 Å². The number of morpholine rings is 1. The fraction of sp³-hybridized carbons (Fsp3) is 1.00. The molecule has 0 aromatic carbocycles. The number of rotatable bonds is 3. The second kappa shape index (κ2) is 5.08. The predicted octanol–water partition coefficient (Wildman–Crippen LogP) is 0.909. The van der Waals surface area contributed by atoms with Crippen molar-refractivity contribution in [3.8, 4) is 0 Å². The zero-order valence-corrected chi connectivity index (χ0v) is 12.4. The minimum atomic E-state index is 0.102. The van der Waals surface area contributed by atoms with Crippen LogP contribution >= 0.6 is 0 Å². The summed E-state index contributed by atoms with van der Waals surface area (Å²) in [4.78, 5) is 5.17. The van der Waals surface area contributed by atoms with Crippen LogP contribution in [0.4, 0.5) is 0 Å². The van der Waals surface area contributed by atoms with E-state index in [0.717, 1.165) is 32.8 Å². The average Bonchev–Trinajstić information content (AvgIpc) is 2.74. The Morgan fingerprint density at radius 3 is 2.50 bits per heavy atom. The van der Waals surface area contributed by atoms with E-state index in [4.69, 9.17) is 10.5 Å². The van der Waals surface area contributed by atoms with Gasteiger partial charge in [-0.25, -0.2) is 0 Å². The van der Waals surface area contributed by atoms with E-state index in [1.54, 1.807) is 0 Å². The highest BCUT2D eigenvalue weighted by atomic mass is 16.5. The molecule has 106 valence electrons. The SMILES string of the molecule is CC(C)N1CCC(CN)(N2CCOCC2(C)C)C1. The highest BCUT2D eigenvalue weighted by Gasteiger charge is 2.48. The van der Waals surface area contributed by atoms with Crippen LogP contribution < -0.4 is 5.73 Å². The van der Waals surface area contributed by atoms with Crippen molar-refractivity contribution >= 4 is 0 Å². The minimum Gasteiger partial charge on any atom is -0.378 e. The van der Waals surface area contributed by atoms with Gasteiger partial charge < -0.3 is 10.5 Å². The van der Waals surface area contributed by atoms with Crippen LogP contribution in [-0.2, 0) is 4.74 Å². The van der Waals surface area contributed by atoms with Gasteiger partial charge in [0.15, 0.2) is 0 Å². The molecule has 0 bridgehead atoms. The van der Waals surface area contributed by atoms with Crippen molar-refractivity contribution in [2.75, 3.05) is 39.4 Å². The van der Waals surface area contributed by atoms with E-state index in [1.807, 2.05) is 0 Å². The van der Waals surface area contributed by atoms with Gasteiger partial charge in [0.25, 0.3) is 0 Å². The minimum absolute atomic E-state index is 0.102. The van der Waals surface area contributed by atoms with E-state index < -0.39 is 0 Å². The van der Waals surface area contributed by atoms with Crippen LogP contribution in [0.1, 0.15) is 34.1 Å². The molecule has 1 atom stereocenters. The molecule has 0 aromatic heterocycles. The summed E-state index contributed by atoms with van der Waals surface area (Å²) in [7, 11) is 0. The zero-order chi connectivity index (χ0) is 13.4. The second-order valence-corrected chi connectivity index (χ2v) is 6.76. The lowest BCUT2D eigenvalue weighted by Crippen LogP contribution is -2.67. The molecule has 4 nitrogen and oxygen atoms in total. The molecule has 2 N–H and O–H groups in total. The topological polar surface area (TPSA) is 41.7 Å². The van der Waals surface area contributed by atoms with Gasteiger partial charge in [-0.05, 0) is 34.1 Å². The van der Waals surface area contributed by atoms with Gasteiger partial charge in [0.2, 0.25) is 0 Å². The summed E-state index contributed by atoms with van der Waals surface area (Å²) >= 11 is 0. The Hall–Kier alpha value is -0.160. The van der Waals surface area contributed by atoms with E-state index >= 15 is 0 Å². The molecular formula is C14H29N3O. The first-order chi connectivity index (χ1) is 8.41. The third-order valence-electron chi connectivity index (χ3n) is 4.69. The number of hydrogen-bond acceptors (Lipinski definition) is 4. The Bertz CT molecular complexity index is 293. The lowest BCUT2D eigenvalue weighted by Gasteiger charge is -2.52. The number of likely N-dealkylation sites (tertiary alicyclic amines) is 1. The fourth-order valence-electron chi connectivity index (χ4n) is 3.56. The van der Waals surface area contributed by atoms with Crippen molar-refractivity contribution in [3.63, 3.8) is 0 Å². The van der Waals surface area contributed by atoms with Crippen LogP contribution in [0.25, 0.3) is 0 Å². The van der Waals surface area contributed by atoms with Gasteiger partial charge in [-0.3, -0.25) is 9.80 Å². The molecule has 0 spiro atoms. The van der Waals surface area contributed by atoms with Crippen LogP contribution in [0, 0.1) is 0 Å². The summed E-state index contributed by atoms with van der Waals surface area (Å²) < 4.78 is 5.64. The number of nitrogens with zero attached hydrogens (tertiary/aromatic N) is 2. The maximum absolute atomic E-state index is 6.17. The van der Waals surface area contributed by atoms with Crippen LogP contribution in [0.5, 0.6) is 0 Å². The summed E-state index contributed by atoms with van der Waals surface area (Å²) in [6.07, 6.45) is 1.19. The normalized spacial score (nSPS) is 34.3. The van der Waals surface area contributed by atoms with E-state index in [1.165, 1.54) is 13.0 Å². The van der Waals surface area contributed by atoms with E-state index in [0.29, 0.717) is 6.04 Å². The third-order valence-corrected chi connectivity index (χ3v) is 4.69. The van der Waals surface area contributed by atoms with Gasteiger partial charge in [0.1, 0.15) is 0 Å². The summed E-state index contributed by atoms with van der Waals surface area (Å²) in [6, 6.07) is 0.613. The lowest BCUT2D eigenvalue weighted by molar-refractivity contribution is -0.101. The van der Waals surface area contributed by atoms with Crippen molar-refractivity contribution in [3.05, 3.63) is 0 Å². The van der Waals surface area contributed by atoms with Crippen molar-refractivity contribution in [1.29, 1.82) is 0 Å². The molecule has 0 saturated carbocycles. The van der Waals surface area contributed by atoms with Crippen LogP contribution in [0.3, 0.4) is 0 Å². The summed E-state index contributed by atoms with van der Waals surface area (Å²) in [5.41, 5.74) is 6.43. The Balaban J connectivity index is 2.17. The van der Waals surface area contributed by atoms with E-state index in [2.05, 4.69) is 37.5 Å². The molecule has 18 heavy (non-hydrogen) atoms. The lowest BCUT2D eigenvalue weighted by atomic mass is 9.88. The molecule has 2 saturated heterocycles. The fourth-order valence-corrected chi connectivity index (χ4v) is 3.56. The molecular weight excluding hydrogens is 226 g/mol. The molecule has 0 aromatic rings. The van der Waals surface area contributed by atoms with Crippen LogP contribution in [0.15, 0.2) is 0 Å². The number of ether oxygens (including phenoxy) is 1. The molecule has 2 fully saturated rings. The standard InChI is InChI=1S/C14H29N3O/c1-12(2)16-6-5-14(9-15,10-16)17-7-8-18-11-13(17,3)4/h12H,5-11,15H2,1-4H3. The highest BCUT2D eigenvalue weighted by molar-refractivity contribution is 5.05. The Morgan fingerprint density at radius 2 is 2.00 bits per heavy atom. The highest BCUT2D eigenvalue weighted by Crippen LogP contribution is 2.35. The molecule has 2 heterocycles. The summed E-state index contributed by atoms with van der Waals surface area (Å²) in [5.74, 6) is 0. The molecule has 0 radical (unpaired) electrons. The Labute approximate surface area is 111 Å². The maximum atomic E-state index is 6.17. The summed E-state index contributed by atoms with van der Waals surface area (Å²) in [5, 5.41) is 0. The Kier molecular flexibility index (Phi) is 4.02. The zero-order valence-electron chi connectivity index (χ0n) is 12.4. The van der Waals surface area contributed by atoms with Gasteiger partial charge in [0.05, 0.1) is 13.2 Å². The first-order valence-corrected chi connectivity index (χ1v) is 7.21. The van der Waals surface area contributed by atoms with Crippen molar-refractivity contribution < 1.29 is 4.74 Å². The van der Waals surface area contributed by atoms with Gasteiger partial charge in [-0.15, -0.1) is 0 Å². The van der Waals surface area contributed by atoms with Gasteiger partial charge in [-0.1, -0.05) is 0 Å². The average molecular weight is 255 g/mol. The van der Waals surface area contributed by atoms with Crippen LogP contribution in [-0.4, -0.2) is 66.3 Å². The van der Waals surface area contributed by atoms with E-state index in [9.17, 15) is 0 Å². The molecule has 0 amide bonds. The van der Waals surface area contributed by atoms with E-state index in [-0.39, 0.29) is 11.1 Å². The monoisotopic (exact) mass is 255 g/mol. The van der Waals surface area contributed by atoms with Crippen molar-refractivity contribution in [2.45, 2.75) is 51.2 Å². The molecule has 0 aliphatic carbocycles. The predicted molar refractivity (Wildman–Crippen MR) is 74.7 cm³/mol. The third kappa shape index (κ3) is 2.44. The number of nitrogens with two attached hydrogens (primary N) is 1. The largest absolute Gasteiger partial charge is 0.378 e. The molecule has 1 unspecified atom stereocenters. The smallest absolute Gasteiger partial charge is 0.0645 e. The second-order valence-electron chi connectivity index (χ2n) is 6.76. The number of hydrogen-bond donors (Lipinski definition) is 1. The molecule has 4 heteroatoms. The molecule has 2 aliphatic rings. The van der Waals surface area contributed by atoms with Crippen molar-refractivity contribution in [1.82, 2.24) is 9.80 Å². The Morgan fingerprint density at radius 1 is 1.28 bits per heavy atom. The molecule has 2 aliphatic heterocycles. The van der Waals surface area contributed by atoms with Gasteiger partial charge in [0, 0.05) is 43.3 Å². The van der Waals surface area contributed by atoms with Crippen molar-refractivity contribution in [2.24, 2.45) is 5.73 Å². The summed E-state index contributed by atoms with van der Waals surface area (Å²) in [6.45, 7) is 14.8.